The highest BCUT2D eigenvalue weighted by Crippen LogP contribution is 2.29. The average Bonchev–Trinajstić information content (AvgIpc) is 3.32. The van der Waals surface area contributed by atoms with E-state index in [-0.39, 0.29) is 5.56 Å². The van der Waals surface area contributed by atoms with Crippen LogP contribution >= 0.6 is 15.9 Å². The highest BCUT2D eigenvalue weighted by molar-refractivity contribution is 9.10. The number of aryl methyl sites for hydroxylation is 1. The van der Waals surface area contributed by atoms with Gasteiger partial charge in [-0.3, -0.25) is 4.79 Å². The number of halogens is 1. The molecule has 6 nitrogen and oxygen atoms in total. The van der Waals surface area contributed by atoms with E-state index >= 15 is 0 Å². The quantitative estimate of drug-likeness (QED) is 0.265. The molecular weight excluding hydrogens is 480 g/mol. The highest BCUT2D eigenvalue weighted by atomic mass is 79.9. The van der Waals surface area contributed by atoms with Crippen LogP contribution in [0.1, 0.15) is 36.8 Å². The van der Waals surface area contributed by atoms with Gasteiger partial charge in [0, 0.05) is 32.9 Å². The number of fused-ring (bicyclic) bond motifs is 2. The van der Waals surface area contributed by atoms with E-state index in [1.54, 1.807) is 12.3 Å². The lowest BCUT2D eigenvalue weighted by atomic mass is 10.2. The summed E-state index contributed by atoms with van der Waals surface area (Å²) < 4.78 is 10.6. The molecule has 5 aromatic rings. The zero-order valence-corrected chi connectivity index (χ0v) is 20.4. The maximum atomic E-state index is 13.4. The summed E-state index contributed by atoms with van der Waals surface area (Å²) in [6, 6.07) is 17.3. The second kappa shape index (κ2) is 8.15. The number of aromatic nitrogens is 3. The lowest BCUT2D eigenvalue weighted by Gasteiger charge is -2.13. The lowest BCUT2D eigenvalue weighted by molar-refractivity contribution is 0.574. The highest BCUT2D eigenvalue weighted by Gasteiger charge is 2.17. The fourth-order valence-corrected chi connectivity index (χ4v) is 4.74. The average molecular weight is 503 g/mol. The Balaban J connectivity index is 1.72. The maximum absolute atomic E-state index is 13.4. The molecule has 0 radical (unpaired) electrons. The van der Waals surface area contributed by atoms with Crippen molar-refractivity contribution < 1.29 is 4.42 Å². The minimum absolute atomic E-state index is 0.244. The van der Waals surface area contributed by atoms with E-state index in [1.807, 2.05) is 42.5 Å². The first kappa shape index (κ1) is 21.4. The molecule has 0 N–H and O–H groups in total. The third-order valence-corrected chi connectivity index (χ3v) is 6.30. The van der Waals surface area contributed by atoms with Gasteiger partial charge in [-0.25, -0.2) is 4.98 Å². The Labute approximate surface area is 199 Å². The second-order valence-electron chi connectivity index (χ2n) is 8.40. The molecule has 0 aliphatic heterocycles. The van der Waals surface area contributed by atoms with Crippen LogP contribution < -0.4 is 5.56 Å². The fraction of sp³-hybridized carbons (Fsp3) is 0.192. The summed E-state index contributed by atoms with van der Waals surface area (Å²) in [5, 5.41) is 6.02. The van der Waals surface area contributed by atoms with E-state index in [2.05, 4.69) is 59.4 Å². The number of nitrogens with zero attached hydrogens (tertiary/aromatic N) is 4. The molecule has 0 amide bonds. The number of benzene rings is 2. The number of hydrogen-bond donors (Lipinski definition) is 0. The minimum Gasteiger partial charge on any atom is -0.453 e. The molecule has 3 heterocycles. The van der Waals surface area contributed by atoms with Crippen molar-refractivity contribution in [1.29, 1.82) is 0 Å². The summed E-state index contributed by atoms with van der Waals surface area (Å²) in [7, 11) is 0. The van der Waals surface area contributed by atoms with E-state index in [1.165, 1.54) is 4.68 Å². The van der Waals surface area contributed by atoms with Gasteiger partial charge >= 0.3 is 0 Å². The summed E-state index contributed by atoms with van der Waals surface area (Å²) in [4.78, 5) is 18.2. The predicted molar refractivity (Wildman–Crippen MR) is 136 cm³/mol. The molecule has 0 saturated carbocycles. The van der Waals surface area contributed by atoms with Gasteiger partial charge in [-0.05, 0) is 70.2 Å². The van der Waals surface area contributed by atoms with E-state index in [9.17, 15) is 4.79 Å². The van der Waals surface area contributed by atoms with Crippen molar-refractivity contribution in [2.24, 2.45) is 5.10 Å². The Morgan fingerprint density at radius 2 is 1.88 bits per heavy atom. The molecule has 33 heavy (non-hydrogen) atoms. The molecule has 7 heteroatoms. The molecule has 166 valence electrons. The lowest BCUT2D eigenvalue weighted by Crippen LogP contribution is -2.20. The summed E-state index contributed by atoms with van der Waals surface area (Å²) >= 11 is 3.49. The van der Waals surface area contributed by atoms with Crippen LogP contribution in [0, 0.1) is 13.8 Å². The zero-order valence-electron chi connectivity index (χ0n) is 18.8. The van der Waals surface area contributed by atoms with Gasteiger partial charge in [0.1, 0.15) is 5.58 Å². The summed E-state index contributed by atoms with van der Waals surface area (Å²) in [6.07, 6.45) is 1.72. The first-order valence-electron chi connectivity index (χ1n) is 10.8. The Bertz CT molecular complexity index is 1600. The van der Waals surface area contributed by atoms with Crippen molar-refractivity contribution in [3.8, 4) is 11.6 Å². The van der Waals surface area contributed by atoms with Gasteiger partial charge in [0.2, 0.25) is 5.82 Å². The van der Waals surface area contributed by atoms with Gasteiger partial charge < -0.3 is 8.98 Å². The standard InChI is InChI=1S/C26H23BrN4O2/c1-15(2)30-16(3)11-19(17(30)4)14-28-31-25(29-22-8-6-5-7-21(22)26(31)32)24-13-18-12-20(27)9-10-23(18)33-24/h5-15H,1-4H3. The number of para-hydroxylation sites is 1. The van der Waals surface area contributed by atoms with Crippen molar-refractivity contribution in [2.45, 2.75) is 33.7 Å². The molecule has 0 spiro atoms. The first-order valence-corrected chi connectivity index (χ1v) is 11.6. The van der Waals surface area contributed by atoms with Gasteiger partial charge in [0.25, 0.3) is 5.56 Å². The number of hydrogen-bond acceptors (Lipinski definition) is 4. The van der Waals surface area contributed by atoms with Gasteiger partial charge in [-0.2, -0.15) is 9.78 Å². The Hall–Kier alpha value is -3.45. The first-order chi connectivity index (χ1) is 15.8. The zero-order chi connectivity index (χ0) is 23.3. The minimum atomic E-state index is -0.244. The van der Waals surface area contributed by atoms with Crippen molar-refractivity contribution in [3.05, 3.63) is 86.4 Å². The molecule has 0 fully saturated rings. The predicted octanol–water partition coefficient (Wildman–Crippen LogP) is 6.45. The molecule has 0 unspecified atom stereocenters. The van der Waals surface area contributed by atoms with Crippen molar-refractivity contribution in [1.82, 2.24) is 14.2 Å². The van der Waals surface area contributed by atoms with E-state index < -0.39 is 0 Å². The van der Waals surface area contributed by atoms with Gasteiger partial charge in [-0.1, -0.05) is 28.1 Å². The number of furan rings is 1. The third-order valence-electron chi connectivity index (χ3n) is 5.80. The summed E-state index contributed by atoms with van der Waals surface area (Å²) in [5.74, 6) is 0.843. The van der Waals surface area contributed by atoms with Crippen LogP contribution in [0.5, 0.6) is 0 Å². The molecule has 3 aromatic heterocycles. The van der Waals surface area contributed by atoms with E-state index in [4.69, 9.17) is 9.40 Å². The molecule has 5 rings (SSSR count). The van der Waals surface area contributed by atoms with Gasteiger partial charge in [0.05, 0.1) is 17.1 Å². The Morgan fingerprint density at radius 3 is 2.64 bits per heavy atom. The molecule has 0 saturated heterocycles. The van der Waals surface area contributed by atoms with Crippen LogP contribution in [0.4, 0.5) is 0 Å². The van der Waals surface area contributed by atoms with Gasteiger partial charge in [0.15, 0.2) is 5.76 Å². The summed E-state index contributed by atoms with van der Waals surface area (Å²) in [6.45, 7) is 8.44. The summed E-state index contributed by atoms with van der Waals surface area (Å²) in [5.41, 5.74) is 4.28. The van der Waals surface area contributed by atoms with Crippen LogP contribution in [0.25, 0.3) is 33.5 Å². The maximum Gasteiger partial charge on any atom is 0.282 e. The van der Waals surface area contributed by atoms with Crippen LogP contribution in [-0.2, 0) is 0 Å². The normalized spacial score (nSPS) is 12.1. The third kappa shape index (κ3) is 3.72. The SMILES string of the molecule is Cc1cc(C=Nn2c(-c3cc4cc(Br)ccc4o3)nc3ccccc3c2=O)c(C)n1C(C)C. The van der Waals surface area contributed by atoms with Gasteiger partial charge in [-0.15, -0.1) is 0 Å². The van der Waals surface area contributed by atoms with Crippen molar-refractivity contribution in [3.63, 3.8) is 0 Å². The Kier molecular flexibility index (Phi) is 5.29. The second-order valence-corrected chi connectivity index (χ2v) is 9.31. The van der Waals surface area contributed by atoms with Crippen molar-refractivity contribution in [2.75, 3.05) is 0 Å². The van der Waals surface area contributed by atoms with Crippen LogP contribution in [-0.4, -0.2) is 20.4 Å². The van der Waals surface area contributed by atoms with Crippen molar-refractivity contribution >= 4 is 44.0 Å². The monoisotopic (exact) mass is 502 g/mol. The molecule has 0 aliphatic rings. The fourth-order valence-electron chi connectivity index (χ4n) is 4.36. The smallest absolute Gasteiger partial charge is 0.282 e. The molecule has 0 bridgehead atoms. The van der Waals surface area contributed by atoms with E-state index in [0.717, 1.165) is 26.8 Å². The van der Waals surface area contributed by atoms with Crippen LogP contribution in [0.2, 0.25) is 0 Å². The molecular formula is C26H23BrN4O2. The molecule has 0 atom stereocenters. The van der Waals surface area contributed by atoms with Crippen LogP contribution in [0.3, 0.4) is 0 Å². The molecule has 0 aliphatic carbocycles. The largest absolute Gasteiger partial charge is 0.453 e. The topological polar surface area (TPSA) is 65.3 Å². The van der Waals surface area contributed by atoms with E-state index in [0.29, 0.717) is 34.1 Å². The Morgan fingerprint density at radius 1 is 1.09 bits per heavy atom. The molecule has 2 aromatic carbocycles. The van der Waals surface area contributed by atoms with Crippen LogP contribution in [0.15, 0.2) is 73.4 Å². The number of rotatable bonds is 4.